The maximum absolute atomic E-state index is 6.09. The second kappa shape index (κ2) is 4.85. The Morgan fingerprint density at radius 3 is 2.75 bits per heavy atom. The van der Waals surface area contributed by atoms with E-state index in [0.29, 0.717) is 6.04 Å². The molecule has 0 spiro atoms. The third kappa shape index (κ3) is 2.74. The van der Waals surface area contributed by atoms with E-state index in [1.165, 1.54) is 0 Å². The van der Waals surface area contributed by atoms with E-state index in [-0.39, 0.29) is 0 Å². The fourth-order valence-electron chi connectivity index (χ4n) is 1.51. The number of halogens is 1. The molecule has 84 valence electrons. The molecule has 0 aliphatic carbocycles. The molecule has 0 aliphatic rings. The predicted octanol–water partition coefficient (Wildman–Crippen LogP) is 4.28. The molecule has 0 saturated carbocycles. The van der Waals surface area contributed by atoms with E-state index in [0.717, 1.165) is 21.2 Å². The summed E-state index contributed by atoms with van der Waals surface area (Å²) in [6.07, 6.45) is 1.86. The number of hydrogen-bond acceptors (Lipinski definition) is 3. The highest BCUT2D eigenvalue weighted by molar-refractivity contribution is 7.13. The van der Waals surface area contributed by atoms with Gasteiger partial charge in [-0.2, -0.15) is 0 Å². The van der Waals surface area contributed by atoms with Gasteiger partial charge in [-0.25, -0.2) is 0 Å². The number of rotatable bonds is 3. The standard InChI is InChI=1S/C12H13ClN2S/c1-8(2)15-11-4-9(3-10(13)5-11)12-6-14-7-16-12/h3-8,15H,1-2H3. The average Bonchev–Trinajstić information content (AvgIpc) is 2.67. The van der Waals surface area contributed by atoms with Crippen LogP contribution in [-0.2, 0) is 0 Å². The molecule has 0 fully saturated rings. The van der Waals surface area contributed by atoms with E-state index in [4.69, 9.17) is 11.6 Å². The Kier molecular flexibility index (Phi) is 3.46. The van der Waals surface area contributed by atoms with Gasteiger partial charge in [0.25, 0.3) is 0 Å². The molecule has 0 amide bonds. The minimum absolute atomic E-state index is 0.396. The van der Waals surface area contributed by atoms with Crippen LogP contribution < -0.4 is 5.32 Å². The van der Waals surface area contributed by atoms with Crippen molar-refractivity contribution in [2.45, 2.75) is 19.9 Å². The lowest BCUT2D eigenvalue weighted by Crippen LogP contribution is -2.09. The maximum atomic E-state index is 6.09. The third-order valence-electron chi connectivity index (χ3n) is 2.07. The van der Waals surface area contributed by atoms with Crippen molar-refractivity contribution in [3.05, 3.63) is 34.9 Å². The molecule has 0 aliphatic heterocycles. The maximum Gasteiger partial charge on any atom is 0.0797 e. The van der Waals surface area contributed by atoms with Crippen LogP contribution in [0.3, 0.4) is 0 Å². The van der Waals surface area contributed by atoms with Crippen molar-refractivity contribution in [3.63, 3.8) is 0 Å². The van der Waals surface area contributed by atoms with Gasteiger partial charge >= 0.3 is 0 Å². The Balaban J connectivity index is 2.36. The highest BCUT2D eigenvalue weighted by atomic mass is 35.5. The van der Waals surface area contributed by atoms with E-state index in [1.807, 2.05) is 23.8 Å². The van der Waals surface area contributed by atoms with Crippen LogP contribution in [0.5, 0.6) is 0 Å². The van der Waals surface area contributed by atoms with Crippen molar-refractivity contribution >= 4 is 28.6 Å². The Morgan fingerprint density at radius 2 is 2.12 bits per heavy atom. The van der Waals surface area contributed by atoms with Gasteiger partial charge < -0.3 is 5.32 Å². The van der Waals surface area contributed by atoms with E-state index in [9.17, 15) is 0 Å². The van der Waals surface area contributed by atoms with Crippen molar-refractivity contribution < 1.29 is 0 Å². The lowest BCUT2D eigenvalue weighted by Gasteiger charge is -2.11. The van der Waals surface area contributed by atoms with Crippen LogP contribution in [0, 0.1) is 0 Å². The minimum Gasteiger partial charge on any atom is -0.383 e. The second-order valence-corrected chi connectivity index (χ2v) is 5.22. The monoisotopic (exact) mass is 252 g/mol. The van der Waals surface area contributed by atoms with Gasteiger partial charge in [-0.05, 0) is 37.6 Å². The molecule has 16 heavy (non-hydrogen) atoms. The topological polar surface area (TPSA) is 24.9 Å². The number of benzene rings is 1. The predicted molar refractivity (Wildman–Crippen MR) is 71.3 cm³/mol. The van der Waals surface area contributed by atoms with Crippen LogP contribution in [-0.4, -0.2) is 11.0 Å². The zero-order valence-electron chi connectivity index (χ0n) is 9.20. The van der Waals surface area contributed by atoms with E-state index < -0.39 is 0 Å². The largest absolute Gasteiger partial charge is 0.383 e. The van der Waals surface area contributed by atoms with Gasteiger partial charge in [0.1, 0.15) is 0 Å². The molecule has 0 radical (unpaired) electrons. The summed E-state index contributed by atoms with van der Waals surface area (Å²) in [6.45, 7) is 4.21. The molecular weight excluding hydrogens is 240 g/mol. The summed E-state index contributed by atoms with van der Waals surface area (Å²) in [5.41, 5.74) is 3.98. The van der Waals surface area contributed by atoms with Crippen LogP contribution in [0.15, 0.2) is 29.9 Å². The molecule has 4 heteroatoms. The molecule has 1 aromatic carbocycles. The molecule has 0 bridgehead atoms. The summed E-state index contributed by atoms with van der Waals surface area (Å²) >= 11 is 7.71. The number of thiazole rings is 1. The third-order valence-corrected chi connectivity index (χ3v) is 3.11. The lowest BCUT2D eigenvalue weighted by atomic mass is 10.1. The highest BCUT2D eigenvalue weighted by Crippen LogP contribution is 2.29. The van der Waals surface area contributed by atoms with Crippen molar-refractivity contribution in [1.82, 2.24) is 4.98 Å². The molecule has 0 saturated heterocycles. The Bertz CT molecular complexity index is 466. The van der Waals surface area contributed by atoms with Gasteiger partial charge in [0, 0.05) is 22.9 Å². The lowest BCUT2D eigenvalue weighted by molar-refractivity contribution is 0.900. The normalized spacial score (nSPS) is 10.8. The summed E-state index contributed by atoms with van der Waals surface area (Å²) in [7, 11) is 0. The summed E-state index contributed by atoms with van der Waals surface area (Å²) < 4.78 is 0. The Labute approximate surface area is 104 Å². The summed E-state index contributed by atoms with van der Waals surface area (Å²) in [4.78, 5) is 5.21. The molecule has 2 nitrogen and oxygen atoms in total. The zero-order valence-corrected chi connectivity index (χ0v) is 10.8. The second-order valence-electron chi connectivity index (χ2n) is 3.89. The van der Waals surface area contributed by atoms with Crippen molar-refractivity contribution in [2.24, 2.45) is 0 Å². The smallest absolute Gasteiger partial charge is 0.0797 e. The van der Waals surface area contributed by atoms with Crippen LogP contribution in [0.1, 0.15) is 13.8 Å². The number of aromatic nitrogens is 1. The Hall–Kier alpha value is -1.06. The van der Waals surface area contributed by atoms with E-state index in [2.05, 4.69) is 30.2 Å². The minimum atomic E-state index is 0.396. The fourth-order valence-corrected chi connectivity index (χ4v) is 2.35. The Morgan fingerprint density at radius 1 is 1.31 bits per heavy atom. The number of hydrogen-bond donors (Lipinski definition) is 1. The summed E-state index contributed by atoms with van der Waals surface area (Å²) in [6, 6.07) is 6.39. The van der Waals surface area contributed by atoms with E-state index in [1.54, 1.807) is 11.3 Å². The SMILES string of the molecule is CC(C)Nc1cc(Cl)cc(-c2cncs2)c1. The first-order chi connectivity index (χ1) is 7.65. The van der Waals surface area contributed by atoms with Crippen LogP contribution >= 0.6 is 22.9 Å². The summed E-state index contributed by atoms with van der Waals surface area (Å²) in [5.74, 6) is 0. The first-order valence-electron chi connectivity index (χ1n) is 5.11. The van der Waals surface area contributed by atoms with Crippen LogP contribution in [0.2, 0.25) is 5.02 Å². The highest BCUT2D eigenvalue weighted by Gasteiger charge is 2.04. The van der Waals surface area contributed by atoms with Crippen molar-refractivity contribution in [1.29, 1.82) is 0 Å². The average molecular weight is 253 g/mol. The molecule has 2 rings (SSSR count). The first kappa shape index (κ1) is 11.4. The zero-order chi connectivity index (χ0) is 11.5. The fraction of sp³-hybridized carbons (Fsp3) is 0.250. The van der Waals surface area contributed by atoms with Gasteiger partial charge in [0.15, 0.2) is 0 Å². The van der Waals surface area contributed by atoms with Gasteiger partial charge in [0.2, 0.25) is 0 Å². The van der Waals surface area contributed by atoms with Crippen molar-refractivity contribution in [2.75, 3.05) is 5.32 Å². The molecule has 1 aromatic heterocycles. The van der Waals surface area contributed by atoms with Crippen LogP contribution in [0.4, 0.5) is 5.69 Å². The molecule has 0 unspecified atom stereocenters. The van der Waals surface area contributed by atoms with Gasteiger partial charge in [-0.15, -0.1) is 11.3 Å². The van der Waals surface area contributed by atoms with Gasteiger partial charge in [-0.1, -0.05) is 11.6 Å². The number of nitrogens with zero attached hydrogens (tertiary/aromatic N) is 1. The molecule has 1 N–H and O–H groups in total. The van der Waals surface area contributed by atoms with Gasteiger partial charge in [0.05, 0.1) is 10.4 Å². The molecule has 0 atom stereocenters. The van der Waals surface area contributed by atoms with E-state index >= 15 is 0 Å². The molecule has 2 aromatic rings. The van der Waals surface area contributed by atoms with Gasteiger partial charge in [-0.3, -0.25) is 4.98 Å². The summed E-state index contributed by atoms with van der Waals surface area (Å²) in [5, 5.41) is 4.09. The van der Waals surface area contributed by atoms with Crippen LogP contribution in [0.25, 0.3) is 10.4 Å². The quantitative estimate of drug-likeness (QED) is 0.882. The molecular formula is C12H13ClN2S. The van der Waals surface area contributed by atoms with Crippen molar-refractivity contribution in [3.8, 4) is 10.4 Å². The molecule has 1 heterocycles. The number of nitrogens with one attached hydrogen (secondary N) is 1. The first-order valence-corrected chi connectivity index (χ1v) is 6.37. The number of anilines is 1.